The van der Waals surface area contributed by atoms with Crippen LogP contribution in [0, 0.1) is 10.8 Å². The zero-order valence-electron chi connectivity index (χ0n) is 11.3. The lowest BCUT2D eigenvalue weighted by molar-refractivity contribution is 0.457. The Balaban J connectivity index is 1.95. The highest BCUT2D eigenvalue weighted by Gasteiger charge is 2.65. The zero-order valence-corrected chi connectivity index (χ0v) is 11.3. The molecule has 0 amide bonds. The van der Waals surface area contributed by atoms with E-state index >= 15 is 0 Å². The largest absolute Gasteiger partial charge is 0.407 e. The Morgan fingerprint density at radius 2 is 1.82 bits per heavy atom. The smallest absolute Gasteiger partial charge is 0.315 e. The Bertz CT molecular complexity index is 383. The Labute approximate surface area is 102 Å². The number of aromatic nitrogens is 2. The molecule has 5 nitrogen and oxygen atoms in total. The molecule has 1 aliphatic carbocycles. The molecule has 2 rings (SSSR count). The molecule has 1 aliphatic rings. The molecule has 0 bridgehead atoms. The van der Waals surface area contributed by atoms with Crippen molar-refractivity contribution in [3.63, 3.8) is 0 Å². The third kappa shape index (κ3) is 2.04. The Hall–Kier alpha value is -1.10. The maximum atomic E-state index is 5.53. The van der Waals surface area contributed by atoms with E-state index < -0.39 is 0 Å². The minimum absolute atomic E-state index is 0.267. The minimum Gasteiger partial charge on any atom is -0.407 e. The van der Waals surface area contributed by atoms with Crippen LogP contribution in [0.1, 0.15) is 40.5 Å². The monoisotopic (exact) mass is 238 g/mol. The lowest BCUT2D eigenvalue weighted by Gasteiger charge is -2.02. The number of nitrogens with one attached hydrogen (secondary N) is 2. The van der Waals surface area contributed by atoms with E-state index in [4.69, 9.17) is 4.42 Å². The van der Waals surface area contributed by atoms with Gasteiger partial charge in [-0.2, -0.15) is 0 Å². The number of anilines is 1. The third-order valence-electron chi connectivity index (χ3n) is 4.28. The van der Waals surface area contributed by atoms with Crippen LogP contribution in [0.15, 0.2) is 4.42 Å². The fraction of sp³-hybridized carbons (Fsp3) is 0.833. The number of rotatable bonds is 5. The average Bonchev–Trinajstić information content (AvgIpc) is 2.63. The second kappa shape index (κ2) is 3.98. The minimum atomic E-state index is 0.267. The molecule has 0 unspecified atom stereocenters. The van der Waals surface area contributed by atoms with Gasteiger partial charge in [-0.15, -0.1) is 5.10 Å². The van der Waals surface area contributed by atoms with Crippen LogP contribution in [0.25, 0.3) is 0 Å². The van der Waals surface area contributed by atoms with Crippen LogP contribution >= 0.6 is 0 Å². The van der Waals surface area contributed by atoms with E-state index in [1.807, 2.05) is 6.92 Å². The molecule has 0 aromatic carbocycles. The van der Waals surface area contributed by atoms with Crippen LogP contribution in [-0.4, -0.2) is 22.8 Å². The predicted octanol–water partition coefficient (Wildman–Crippen LogP) is 2.03. The van der Waals surface area contributed by atoms with Crippen molar-refractivity contribution in [2.24, 2.45) is 10.8 Å². The normalized spacial score (nSPS) is 21.5. The van der Waals surface area contributed by atoms with Crippen molar-refractivity contribution in [1.29, 1.82) is 0 Å². The van der Waals surface area contributed by atoms with Crippen molar-refractivity contribution in [3.05, 3.63) is 5.89 Å². The molecule has 1 saturated carbocycles. The third-order valence-corrected chi connectivity index (χ3v) is 4.28. The van der Waals surface area contributed by atoms with Crippen LogP contribution < -0.4 is 10.6 Å². The van der Waals surface area contributed by atoms with Crippen LogP contribution in [0.2, 0.25) is 0 Å². The van der Waals surface area contributed by atoms with Crippen molar-refractivity contribution in [2.75, 3.05) is 11.9 Å². The summed E-state index contributed by atoms with van der Waals surface area (Å²) in [7, 11) is 0. The zero-order chi connectivity index (χ0) is 12.7. The SMILES string of the molecule is CCNCc1nnc(NC2C(C)(C)C2(C)C)o1. The number of hydrogen-bond donors (Lipinski definition) is 2. The summed E-state index contributed by atoms with van der Waals surface area (Å²) in [5.41, 5.74) is 0.534. The van der Waals surface area contributed by atoms with E-state index in [0.29, 0.717) is 24.5 Å². The highest BCUT2D eigenvalue weighted by molar-refractivity contribution is 5.33. The second-order valence-corrected chi connectivity index (χ2v) is 5.80. The van der Waals surface area contributed by atoms with Crippen LogP contribution in [0.4, 0.5) is 6.01 Å². The molecule has 96 valence electrons. The van der Waals surface area contributed by atoms with Gasteiger partial charge in [-0.1, -0.05) is 39.7 Å². The summed E-state index contributed by atoms with van der Waals surface area (Å²) in [6, 6.07) is 0.920. The van der Waals surface area contributed by atoms with Crippen LogP contribution in [0.3, 0.4) is 0 Å². The highest BCUT2D eigenvalue weighted by Crippen LogP contribution is 2.63. The first-order valence-corrected chi connectivity index (χ1v) is 6.19. The van der Waals surface area contributed by atoms with Gasteiger partial charge < -0.3 is 15.1 Å². The molecule has 1 aromatic heterocycles. The van der Waals surface area contributed by atoms with Gasteiger partial charge in [-0.05, 0) is 17.4 Å². The van der Waals surface area contributed by atoms with Crippen molar-refractivity contribution in [1.82, 2.24) is 15.5 Å². The van der Waals surface area contributed by atoms with Crippen molar-refractivity contribution < 1.29 is 4.42 Å². The van der Waals surface area contributed by atoms with E-state index in [9.17, 15) is 0 Å². The summed E-state index contributed by atoms with van der Waals surface area (Å²) in [4.78, 5) is 0. The summed E-state index contributed by atoms with van der Waals surface area (Å²) >= 11 is 0. The van der Waals surface area contributed by atoms with Gasteiger partial charge in [-0.25, -0.2) is 0 Å². The quantitative estimate of drug-likeness (QED) is 0.821. The first-order valence-electron chi connectivity index (χ1n) is 6.19. The maximum absolute atomic E-state index is 5.53. The van der Waals surface area contributed by atoms with Gasteiger partial charge in [-0.3, -0.25) is 0 Å². The average molecular weight is 238 g/mol. The summed E-state index contributed by atoms with van der Waals surface area (Å²) in [6.07, 6.45) is 0. The van der Waals surface area contributed by atoms with Gasteiger partial charge in [0, 0.05) is 6.04 Å². The van der Waals surface area contributed by atoms with E-state index in [2.05, 4.69) is 48.5 Å². The van der Waals surface area contributed by atoms with Gasteiger partial charge in [0.1, 0.15) is 0 Å². The van der Waals surface area contributed by atoms with Crippen molar-refractivity contribution >= 4 is 6.01 Å². The molecule has 2 N–H and O–H groups in total. The summed E-state index contributed by atoms with van der Waals surface area (Å²) in [5.74, 6) is 0.630. The molecular weight excluding hydrogens is 216 g/mol. The van der Waals surface area contributed by atoms with E-state index in [-0.39, 0.29) is 10.8 Å². The Kier molecular flexibility index (Phi) is 2.89. The standard InChI is InChI=1S/C12H22N4O/c1-6-13-7-8-15-16-10(17-8)14-9-11(2,3)12(9,4)5/h9,13H,6-7H2,1-5H3,(H,14,16). The fourth-order valence-electron chi connectivity index (χ4n) is 2.30. The van der Waals surface area contributed by atoms with Gasteiger partial charge in [0.15, 0.2) is 0 Å². The van der Waals surface area contributed by atoms with Crippen LogP contribution in [0.5, 0.6) is 0 Å². The summed E-state index contributed by atoms with van der Waals surface area (Å²) < 4.78 is 5.53. The molecule has 1 aromatic rings. The number of hydrogen-bond acceptors (Lipinski definition) is 5. The fourth-order valence-corrected chi connectivity index (χ4v) is 2.30. The van der Waals surface area contributed by atoms with Crippen molar-refractivity contribution in [3.8, 4) is 0 Å². The molecule has 0 aliphatic heterocycles. The van der Waals surface area contributed by atoms with E-state index in [1.165, 1.54) is 0 Å². The Morgan fingerprint density at radius 3 is 2.35 bits per heavy atom. The van der Waals surface area contributed by atoms with Gasteiger partial charge >= 0.3 is 6.01 Å². The molecule has 0 atom stereocenters. The molecule has 1 fully saturated rings. The molecule has 0 saturated heterocycles. The lowest BCUT2D eigenvalue weighted by Crippen LogP contribution is -2.12. The van der Waals surface area contributed by atoms with Crippen molar-refractivity contribution in [2.45, 2.75) is 47.2 Å². The van der Waals surface area contributed by atoms with E-state index in [0.717, 1.165) is 6.54 Å². The van der Waals surface area contributed by atoms with Gasteiger partial charge in [0.25, 0.3) is 0 Å². The van der Waals surface area contributed by atoms with Gasteiger partial charge in [0.2, 0.25) is 5.89 Å². The van der Waals surface area contributed by atoms with E-state index in [1.54, 1.807) is 0 Å². The summed E-state index contributed by atoms with van der Waals surface area (Å²) in [6.45, 7) is 12.6. The second-order valence-electron chi connectivity index (χ2n) is 5.80. The summed E-state index contributed by atoms with van der Waals surface area (Å²) in [5, 5.41) is 14.5. The topological polar surface area (TPSA) is 63.0 Å². The molecule has 5 heteroatoms. The molecule has 0 radical (unpaired) electrons. The molecular formula is C12H22N4O. The predicted molar refractivity (Wildman–Crippen MR) is 66.7 cm³/mol. The molecule has 17 heavy (non-hydrogen) atoms. The molecule has 1 heterocycles. The highest BCUT2D eigenvalue weighted by atomic mass is 16.4. The molecule has 0 spiro atoms. The maximum Gasteiger partial charge on any atom is 0.315 e. The first-order chi connectivity index (χ1) is 7.89. The lowest BCUT2D eigenvalue weighted by atomic mass is 10.0. The Morgan fingerprint density at radius 1 is 1.18 bits per heavy atom. The van der Waals surface area contributed by atoms with Gasteiger partial charge in [0.05, 0.1) is 6.54 Å². The first kappa shape index (κ1) is 12.4. The number of nitrogens with zero attached hydrogens (tertiary/aromatic N) is 2. The van der Waals surface area contributed by atoms with Crippen LogP contribution in [-0.2, 0) is 6.54 Å².